The number of phenolic OH excluding ortho intramolecular Hbond substituents is 1. The van der Waals surface area contributed by atoms with E-state index in [1.54, 1.807) is 6.07 Å². The van der Waals surface area contributed by atoms with Crippen LogP contribution >= 0.6 is 0 Å². The predicted octanol–water partition coefficient (Wildman–Crippen LogP) is 5.63. The number of carbonyl (C=O) groups is 2. The van der Waals surface area contributed by atoms with Gasteiger partial charge in [0, 0.05) is 56.8 Å². The van der Waals surface area contributed by atoms with Crippen molar-refractivity contribution >= 4 is 11.8 Å². The first-order valence-corrected chi connectivity index (χ1v) is 15.1. The van der Waals surface area contributed by atoms with Crippen molar-refractivity contribution in [3.63, 3.8) is 0 Å². The summed E-state index contributed by atoms with van der Waals surface area (Å²) in [7, 11) is 0. The van der Waals surface area contributed by atoms with Crippen LogP contribution in [-0.4, -0.2) is 69.9 Å². The lowest BCUT2D eigenvalue weighted by atomic mass is 9.84. The molecule has 0 aliphatic carbocycles. The van der Waals surface area contributed by atoms with Crippen molar-refractivity contribution in [2.75, 3.05) is 32.8 Å². The highest BCUT2D eigenvalue weighted by Gasteiger charge is 2.38. The normalized spacial score (nSPS) is 15.9. The molecule has 2 aliphatic rings. The van der Waals surface area contributed by atoms with Gasteiger partial charge in [-0.3, -0.25) is 14.5 Å². The third-order valence-electron chi connectivity index (χ3n) is 8.90. The van der Waals surface area contributed by atoms with Gasteiger partial charge < -0.3 is 19.6 Å². The van der Waals surface area contributed by atoms with Crippen molar-refractivity contribution in [2.24, 2.45) is 5.92 Å². The van der Waals surface area contributed by atoms with Gasteiger partial charge >= 0.3 is 0 Å². The van der Waals surface area contributed by atoms with Crippen LogP contribution in [-0.2, 0) is 24.3 Å². The number of aromatic hydroxyl groups is 1. The van der Waals surface area contributed by atoms with Gasteiger partial charge in [0.2, 0.25) is 5.91 Å². The number of nitrogens with zero attached hydrogens (tertiary/aromatic N) is 3. The fourth-order valence-corrected chi connectivity index (χ4v) is 6.18. The van der Waals surface area contributed by atoms with E-state index in [2.05, 4.69) is 38.7 Å². The molecule has 2 amide bonds. The molecule has 2 aromatic carbocycles. The molecule has 0 spiro atoms. The second kappa shape index (κ2) is 13.1. The molecule has 1 N–H and O–H groups in total. The number of rotatable bonds is 11. The number of piperazine rings is 1. The van der Waals surface area contributed by atoms with Gasteiger partial charge in [-0.2, -0.15) is 0 Å². The monoisotopic (exact) mass is 549 g/mol. The molecule has 7 heteroatoms. The second-order valence-electron chi connectivity index (χ2n) is 11.8. The summed E-state index contributed by atoms with van der Waals surface area (Å²) in [6.45, 7) is 15.2. The lowest BCUT2D eigenvalue weighted by Gasteiger charge is -2.41. The first-order valence-electron chi connectivity index (χ1n) is 15.1. The van der Waals surface area contributed by atoms with Crippen molar-refractivity contribution in [2.45, 2.75) is 85.4 Å². The highest BCUT2D eigenvalue weighted by Crippen LogP contribution is 2.39. The maximum Gasteiger partial charge on any atom is 0.254 e. The Bertz CT molecular complexity index is 1180. The Morgan fingerprint density at radius 2 is 1.68 bits per heavy atom. The van der Waals surface area contributed by atoms with E-state index in [4.69, 9.17) is 4.74 Å². The number of aryl methyl sites for hydroxylation is 1. The maximum absolute atomic E-state index is 13.6. The summed E-state index contributed by atoms with van der Waals surface area (Å²) in [5, 5.41) is 10.3. The van der Waals surface area contributed by atoms with Crippen LogP contribution in [0.2, 0.25) is 0 Å². The molecule has 0 atom stereocenters. The summed E-state index contributed by atoms with van der Waals surface area (Å²) in [5.74, 6) is 1.37. The number of carbonyl (C=O) groups excluding carboxylic acids is 2. The quantitative estimate of drug-likeness (QED) is 0.393. The SMILES string of the molecule is CCC(=O)N1CCN(C(=O)c2cccc3c2CN(C(CC)(CC)CCc2ccc(O)c(OCC(C)C)c2)C3)CC1. The number of hydrogen-bond donors (Lipinski definition) is 1. The third-order valence-corrected chi connectivity index (χ3v) is 8.90. The Hall–Kier alpha value is -3.06. The molecule has 0 saturated carbocycles. The lowest BCUT2D eigenvalue weighted by molar-refractivity contribution is -0.132. The predicted molar refractivity (Wildman–Crippen MR) is 159 cm³/mol. The Morgan fingerprint density at radius 1 is 0.975 bits per heavy atom. The Morgan fingerprint density at radius 3 is 2.33 bits per heavy atom. The molecule has 7 nitrogen and oxygen atoms in total. The summed E-state index contributed by atoms with van der Waals surface area (Å²) in [6, 6.07) is 11.9. The zero-order valence-electron chi connectivity index (χ0n) is 25.0. The summed E-state index contributed by atoms with van der Waals surface area (Å²) in [6.07, 6.45) is 4.41. The number of phenols is 1. The first-order chi connectivity index (χ1) is 19.2. The van der Waals surface area contributed by atoms with Crippen molar-refractivity contribution in [1.29, 1.82) is 0 Å². The lowest BCUT2D eigenvalue weighted by Crippen LogP contribution is -2.50. The van der Waals surface area contributed by atoms with Gasteiger partial charge in [-0.25, -0.2) is 0 Å². The summed E-state index contributed by atoms with van der Waals surface area (Å²) < 4.78 is 5.86. The van der Waals surface area contributed by atoms with E-state index in [1.165, 1.54) is 5.56 Å². The highest BCUT2D eigenvalue weighted by atomic mass is 16.5. The molecule has 0 bridgehead atoms. The fourth-order valence-electron chi connectivity index (χ4n) is 6.18. The van der Waals surface area contributed by atoms with E-state index < -0.39 is 0 Å². The molecule has 2 aliphatic heterocycles. The molecule has 0 radical (unpaired) electrons. The van der Waals surface area contributed by atoms with Crippen LogP contribution in [0.4, 0.5) is 0 Å². The van der Waals surface area contributed by atoms with Gasteiger partial charge in [-0.1, -0.05) is 52.8 Å². The number of fused-ring (bicyclic) bond motifs is 1. The van der Waals surface area contributed by atoms with E-state index in [1.807, 2.05) is 41.0 Å². The average Bonchev–Trinajstić information content (AvgIpc) is 3.42. The van der Waals surface area contributed by atoms with Crippen LogP contribution in [0.5, 0.6) is 11.5 Å². The topological polar surface area (TPSA) is 73.3 Å². The molecule has 0 unspecified atom stereocenters. The number of ether oxygens (including phenoxy) is 1. The van der Waals surface area contributed by atoms with Crippen molar-refractivity contribution in [3.05, 3.63) is 58.7 Å². The van der Waals surface area contributed by atoms with E-state index >= 15 is 0 Å². The standard InChI is InChI=1S/C33H47N3O4/c1-6-31(38)34-16-18-35(19-17-34)32(39)27-11-9-10-26-21-36(22-28(26)27)33(7-2,8-3)15-14-25-12-13-29(37)30(20-25)40-23-24(4)5/h9-13,20,24,37H,6-8,14-19,21-23H2,1-5H3. The Balaban J connectivity index is 1.46. The van der Waals surface area contributed by atoms with Gasteiger partial charge in [0.05, 0.1) is 6.61 Å². The van der Waals surface area contributed by atoms with E-state index in [0.29, 0.717) is 50.9 Å². The Labute approximate surface area is 240 Å². The molecule has 40 heavy (non-hydrogen) atoms. The Kier molecular flexibility index (Phi) is 9.77. The van der Waals surface area contributed by atoms with Crippen LogP contribution in [0, 0.1) is 5.92 Å². The van der Waals surface area contributed by atoms with Crippen LogP contribution < -0.4 is 4.74 Å². The maximum atomic E-state index is 13.6. The summed E-state index contributed by atoms with van der Waals surface area (Å²) in [5.41, 5.74) is 4.37. The second-order valence-corrected chi connectivity index (χ2v) is 11.8. The van der Waals surface area contributed by atoms with Crippen LogP contribution in [0.1, 0.15) is 87.4 Å². The number of benzene rings is 2. The van der Waals surface area contributed by atoms with Crippen molar-refractivity contribution in [1.82, 2.24) is 14.7 Å². The third kappa shape index (κ3) is 6.46. The van der Waals surface area contributed by atoms with Gasteiger partial charge in [-0.05, 0) is 66.5 Å². The zero-order valence-corrected chi connectivity index (χ0v) is 25.0. The van der Waals surface area contributed by atoms with E-state index in [-0.39, 0.29) is 23.1 Å². The average molecular weight is 550 g/mol. The summed E-state index contributed by atoms with van der Waals surface area (Å²) in [4.78, 5) is 32.1. The smallest absolute Gasteiger partial charge is 0.254 e. The molecule has 0 aromatic heterocycles. The summed E-state index contributed by atoms with van der Waals surface area (Å²) >= 11 is 0. The largest absolute Gasteiger partial charge is 0.504 e. The van der Waals surface area contributed by atoms with Gasteiger partial charge in [-0.15, -0.1) is 0 Å². The van der Waals surface area contributed by atoms with Gasteiger partial charge in [0.1, 0.15) is 0 Å². The minimum Gasteiger partial charge on any atom is -0.504 e. The first kappa shape index (κ1) is 29.9. The van der Waals surface area contributed by atoms with Gasteiger partial charge in [0.15, 0.2) is 11.5 Å². The molecule has 1 fully saturated rings. The molecular weight excluding hydrogens is 502 g/mol. The number of hydrogen-bond acceptors (Lipinski definition) is 5. The molecule has 4 rings (SSSR count). The van der Waals surface area contributed by atoms with Crippen LogP contribution in [0.3, 0.4) is 0 Å². The number of amides is 2. The highest BCUT2D eigenvalue weighted by molar-refractivity contribution is 5.96. The zero-order chi connectivity index (χ0) is 28.9. The molecular formula is C33H47N3O4. The van der Waals surface area contributed by atoms with Crippen LogP contribution in [0.15, 0.2) is 36.4 Å². The molecule has 1 saturated heterocycles. The van der Waals surface area contributed by atoms with Crippen LogP contribution in [0.25, 0.3) is 0 Å². The van der Waals surface area contributed by atoms with E-state index in [9.17, 15) is 14.7 Å². The van der Waals surface area contributed by atoms with Gasteiger partial charge in [0.25, 0.3) is 5.91 Å². The van der Waals surface area contributed by atoms with Crippen molar-refractivity contribution in [3.8, 4) is 11.5 Å². The molecule has 2 aromatic rings. The van der Waals surface area contributed by atoms with Crippen molar-refractivity contribution < 1.29 is 19.4 Å². The molecule has 218 valence electrons. The fraction of sp³-hybridized carbons (Fsp3) is 0.576. The van der Waals surface area contributed by atoms with E-state index in [0.717, 1.165) is 55.5 Å². The minimum absolute atomic E-state index is 0.00230. The minimum atomic E-state index is 0.00230. The molecule has 2 heterocycles.